The molecule has 0 spiro atoms. The maximum Gasteiger partial charge on any atom is 0.264 e. The Morgan fingerprint density at radius 3 is 2.66 bits per heavy atom. The lowest BCUT2D eigenvalue weighted by molar-refractivity contribution is 0.0736. The monoisotopic (exact) mass is 446 g/mol. The summed E-state index contributed by atoms with van der Waals surface area (Å²) in [5, 5.41) is 2.27. The molecule has 1 aromatic heterocycles. The van der Waals surface area contributed by atoms with Crippen LogP contribution in [0, 0.1) is 0 Å². The molecule has 2 heterocycles. The second-order valence-electron chi connectivity index (χ2n) is 6.80. The number of benzene rings is 2. The van der Waals surface area contributed by atoms with Crippen LogP contribution in [0.4, 0.5) is 5.69 Å². The number of hydrogen-bond donors (Lipinski definition) is 0. The average Bonchev–Trinajstić information content (AvgIpc) is 3.21. The molecule has 3 aromatic rings. The van der Waals surface area contributed by atoms with E-state index in [2.05, 4.69) is 0 Å². The Labute approximate surface area is 179 Å². The van der Waals surface area contributed by atoms with E-state index in [0.29, 0.717) is 18.8 Å². The third kappa shape index (κ3) is 3.77. The van der Waals surface area contributed by atoms with Crippen LogP contribution >= 0.6 is 22.9 Å². The van der Waals surface area contributed by atoms with Gasteiger partial charge in [-0.3, -0.25) is 9.10 Å². The summed E-state index contributed by atoms with van der Waals surface area (Å²) in [7, 11) is -2.34. The van der Waals surface area contributed by atoms with Gasteiger partial charge in [0.25, 0.3) is 15.9 Å². The molecule has 1 amide bonds. The van der Waals surface area contributed by atoms with Crippen molar-refractivity contribution >= 4 is 44.6 Å². The van der Waals surface area contributed by atoms with E-state index in [0.717, 1.165) is 12.0 Å². The highest BCUT2D eigenvalue weighted by Gasteiger charge is 2.27. The lowest BCUT2D eigenvalue weighted by atomic mass is 10.1. The predicted molar refractivity (Wildman–Crippen MR) is 116 cm³/mol. The molecule has 8 heteroatoms. The summed E-state index contributed by atoms with van der Waals surface area (Å²) in [6, 6.07) is 15.1. The number of sulfonamides is 1. The average molecular weight is 447 g/mol. The second kappa shape index (κ2) is 7.82. The molecule has 0 atom stereocenters. The summed E-state index contributed by atoms with van der Waals surface area (Å²) in [5.41, 5.74) is 1.88. The Hall–Kier alpha value is -2.35. The smallest absolute Gasteiger partial charge is 0.264 e. The normalized spacial score (nSPS) is 13.8. The summed E-state index contributed by atoms with van der Waals surface area (Å²) < 4.78 is 27.4. The Bertz CT molecular complexity index is 1160. The van der Waals surface area contributed by atoms with Crippen LogP contribution < -0.4 is 4.31 Å². The molecule has 0 aliphatic carbocycles. The van der Waals surface area contributed by atoms with Gasteiger partial charge in [-0.1, -0.05) is 29.8 Å². The molecule has 1 aliphatic rings. The van der Waals surface area contributed by atoms with Crippen LogP contribution in [0.3, 0.4) is 0 Å². The fraction of sp³-hybridized carbons (Fsp3) is 0.190. The van der Waals surface area contributed by atoms with Crippen LogP contribution in [-0.2, 0) is 23.0 Å². The van der Waals surface area contributed by atoms with Gasteiger partial charge in [0.1, 0.15) is 0 Å². The van der Waals surface area contributed by atoms with Gasteiger partial charge in [-0.15, -0.1) is 11.3 Å². The lowest BCUT2D eigenvalue weighted by Gasteiger charge is -2.27. The van der Waals surface area contributed by atoms with Gasteiger partial charge >= 0.3 is 0 Å². The number of amides is 1. The van der Waals surface area contributed by atoms with E-state index in [1.165, 1.54) is 34.4 Å². The summed E-state index contributed by atoms with van der Waals surface area (Å²) in [6.07, 6.45) is 0.797. The Morgan fingerprint density at radius 1 is 1.14 bits per heavy atom. The second-order valence-corrected chi connectivity index (χ2v) is 10.2. The van der Waals surface area contributed by atoms with E-state index < -0.39 is 10.0 Å². The zero-order valence-electron chi connectivity index (χ0n) is 15.7. The molecule has 0 N–H and O–H groups in total. The van der Waals surface area contributed by atoms with E-state index in [4.69, 9.17) is 11.6 Å². The first kappa shape index (κ1) is 19.9. The van der Waals surface area contributed by atoms with Gasteiger partial charge in [-0.25, -0.2) is 8.42 Å². The molecule has 0 radical (unpaired) electrons. The molecule has 150 valence electrons. The van der Waals surface area contributed by atoms with Crippen molar-refractivity contribution in [2.45, 2.75) is 17.9 Å². The zero-order chi connectivity index (χ0) is 20.6. The number of anilines is 1. The molecule has 5 nitrogen and oxygen atoms in total. The lowest BCUT2D eigenvalue weighted by Crippen LogP contribution is -2.35. The number of nitrogens with zero attached hydrogens (tertiary/aromatic N) is 2. The van der Waals surface area contributed by atoms with E-state index in [1.54, 1.807) is 40.5 Å². The maximum absolute atomic E-state index is 13.1. The maximum atomic E-state index is 13.1. The third-order valence-corrected chi connectivity index (χ3v) is 8.18. The van der Waals surface area contributed by atoms with Crippen LogP contribution in [0.25, 0.3) is 0 Å². The van der Waals surface area contributed by atoms with Crippen molar-refractivity contribution in [1.82, 2.24) is 4.90 Å². The van der Waals surface area contributed by atoms with Crippen molar-refractivity contribution in [3.63, 3.8) is 0 Å². The minimum absolute atomic E-state index is 0.0323. The van der Waals surface area contributed by atoms with Crippen molar-refractivity contribution in [2.24, 2.45) is 0 Å². The van der Waals surface area contributed by atoms with Crippen LogP contribution in [0.15, 0.2) is 64.9 Å². The highest BCUT2D eigenvalue weighted by Crippen LogP contribution is 2.29. The summed E-state index contributed by atoms with van der Waals surface area (Å²) in [4.78, 5) is 16.1. The highest BCUT2D eigenvalue weighted by atomic mass is 35.5. The Balaban J connectivity index is 1.65. The van der Waals surface area contributed by atoms with Crippen molar-refractivity contribution in [1.29, 1.82) is 0 Å². The largest absolute Gasteiger partial charge is 0.334 e. The van der Waals surface area contributed by atoms with Crippen molar-refractivity contribution in [2.75, 3.05) is 17.9 Å². The standard InChI is InChI=1S/C21H19ClN2O3S2/c1-23(16-5-3-2-4-6-16)29(26,27)17-7-8-19(22)18(13-17)21(25)24-11-9-20-15(14-24)10-12-28-20/h2-8,10,12-13H,9,11,14H2,1H3. The van der Waals surface area contributed by atoms with Crippen LogP contribution in [0.2, 0.25) is 5.02 Å². The third-order valence-electron chi connectivity index (χ3n) is 5.04. The molecule has 1 aliphatic heterocycles. The van der Waals surface area contributed by atoms with Gasteiger partial charge in [0.05, 0.1) is 21.2 Å². The van der Waals surface area contributed by atoms with E-state index in [1.807, 2.05) is 17.5 Å². The van der Waals surface area contributed by atoms with Crippen LogP contribution in [-0.4, -0.2) is 32.8 Å². The number of carbonyl (C=O) groups is 1. The first-order valence-corrected chi connectivity index (χ1v) is 11.8. The molecule has 29 heavy (non-hydrogen) atoms. The van der Waals surface area contributed by atoms with Crippen molar-refractivity contribution in [3.8, 4) is 0 Å². The van der Waals surface area contributed by atoms with Gasteiger partial charge in [0.2, 0.25) is 0 Å². The molecule has 0 saturated carbocycles. The minimum atomic E-state index is -3.83. The van der Waals surface area contributed by atoms with Gasteiger partial charge in [-0.2, -0.15) is 0 Å². The fourth-order valence-corrected chi connectivity index (χ4v) is 5.67. The SMILES string of the molecule is CN(c1ccccc1)S(=O)(=O)c1ccc(Cl)c(C(=O)N2CCc3sccc3C2)c1. The van der Waals surface area contributed by atoms with E-state index >= 15 is 0 Å². The number of hydrogen-bond acceptors (Lipinski definition) is 4. The number of rotatable bonds is 4. The number of thiophene rings is 1. The molecular formula is C21H19ClN2O3S2. The van der Waals surface area contributed by atoms with Crippen LogP contribution in [0.1, 0.15) is 20.8 Å². The topological polar surface area (TPSA) is 57.7 Å². The zero-order valence-corrected chi connectivity index (χ0v) is 18.1. The molecule has 2 aromatic carbocycles. The molecule has 4 rings (SSSR count). The highest BCUT2D eigenvalue weighted by molar-refractivity contribution is 7.92. The van der Waals surface area contributed by atoms with Gasteiger partial charge < -0.3 is 4.90 Å². The predicted octanol–water partition coefficient (Wildman–Crippen LogP) is 4.43. The Morgan fingerprint density at radius 2 is 1.90 bits per heavy atom. The van der Waals surface area contributed by atoms with E-state index in [9.17, 15) is 13.2 Å². The summed E-state index contributed by atoms with van der Waals surface area (Å²) in [6.45, 7) is 1.10. The molecular weight excluding hydrogens is 428 g/mol. The molecule has 0 fully saturated rings. The van der Waals surface area contributed by atoms with Gasteiger partial charge in [0.15, 0.2) is 0 Å². The van der Waals surface area contributed by atoms with Crippen molar-refractivity contribution < 1.29 is 13.2 Å². The number of halogens is 1. The summed E-state index contributed by atoms with van der Waals surface area (Å²) >= 11 is 7.98. The van der Waals surface area contributed by atoms with Gasteiger partial charge in [0, 0.05) is 25.0 Å². The number of fused-ring (bicyclic) bond motifs is 1. The van der Waals surface area contributed by atoms with E-state index in [-0.39, 0.29) is 21.4 Å². The van der Waals surface area contributed by atoms with Gasteiger partial charge in [-0.05, 0) is 53.8 Å². The molecule has 0 unspecified atom stereocenters. The number of carbonyl (C=O) groups excluding carboxylic acids is 1. The first-order chi connectivity index (χ1) is 13.9. The Kier molecular flexibility index (Phi) is 5.38. The molecule has 0 bridgehead atoms. The molecule has 0 saturated heterocycles. The van der Waals surface area contributed by atoms with Crippen molar-refractivity contribution in [3.05, 3.63) is 81.0 Å². The first-order valence-electron chi connectivity index (χ1n) is 9.06. The minimum Gasteiger partial charge on any atom is -0.334 e. The summed E-state index contributed by atoms with van der Waals surface area (Å²) in [5.74, 6) is -0.258. The fourth-order valence-electron chi connectivity index (χ4n) is 3.36. The number of para-hydroxylation sites is 1. The van der Waals surface area contributed by atoms with Crippen LogP contribution in [0.5, 0.6) is 0 Å². The quantitative estimate of drug-likeness (QED) is 0.595.